The number of hydrogen-bond acceptors (Lipinski definition) is 2. The van der Waals surface area contributed by atoms with Crippen LogP contribution in [0.25, 0.3) is 5.57 Å². The Bertz CT molecular complexity index is 615. The monoisotopic (exact) mass is 233 g/mol. The molecule has 2 heteroatoms. The zero-order valence-electron chi connectivity index (χ0n) is 9.76. The second-order valence-corrected chi connectivity index (χ2v) is 4.13. The van der Waals surface area contributed by atoms with Crippen molar-refractivity contribution in [1.29, 1.82) is 5.26 Å². The molecule has 0 spiro atoms. The van der Waals surface area contributed by atoms with Gasteiger partial charge in [0.15, 0.2) is 0 Å². The summed E-state index contributed by atoms with van der Waals surface area (Å²) in [5, 5.41) is 8.99. The van der Waals surface area contributed by atoms with Gasteiger partial charge in [0, 0.05) is 17.2 Å². The van der Waals surface area contributed by atoms with E-state index in [1.165, 1.54) is 0 Å². The highest BCUT2D eigenvalue weighted by Crippen LogP contribution is 2.36. The summed E-state index contributed by atoms with van der Waals surface area (Å²) < 4.78 is 5.80. The van der Waals surface area contributed by atoms with Crippen molar-refractivity contribution in [3.05, 3.63) is 71.3 Å². The first-order valence-electron chi connectivity index (χ1n) is 5.80. The van der Waals surface area contributed by atoms with Crippen LogP contribution in [-0.2, 0) is 6.61 Å². The maximum atomic E-state index is 8.99. The van der Waals surface area contributed by atoms with Gasteiger partial charge in [-0.1, -0.05) is 42.5 Å². The number of hydrogen-bond donors (Lipinski definition) is 0. The van der Waals surface area contributed by atoms with Gasteiger partial charge in [-0.05, 0) is 17.2 Å². The number of rotatable bonds is 0. The van der Waals surface area contributed by atoms with E-state index in [2.05, 4.69) is 6.07 Å². The lowest BCUT2D eigenvalue weighted by Gasteiger charge is -2.08. The van der Waals surface area contributed by atoms with Crippen LogP contribution in [0.3, 0.4) is 0 Å². The molecule has 2 aromatic rings. The number of ether oxygens (including phenoxy) is 1. The molecular formula is C16H11NO. The Balaban J connectivity index is 2.29. The molecule has 0 saturated carbocycles. The molecule has 2 nitrogen and oxygen atoms in total. The van der Waals surface area contributed by atoms with Crippen LogP contribution in [0.1, 0.15) is 16.7 Å². The van der Waals surface area contributed by atoms with Gasteiger partial charge in [-0.25, -0.2) is 0 Å². The van der Waals surface area contributed by atoms with Crippen LogP contribution >= 0.6 is 0 Å². The lowest BCUT2D eigenvalue weighted by molar-refractivity contribution is 0.307. The van der Waals surface area contributed by atoms with Gasteiger partial charge in [-0.3, -0.25) is 0 Å². The molecule has 0 aliphatic carbocycles. The molecule has 0 saturated heterocycles. The summed E-state index contributed by atoms with van der Waals surface area (Å²) in [6.07, 6.45) is 1.59. The van der Waals surface area contributed by atoms with Crippen LogP contribution in [0.2, 0.25) is 0 Å². The summed E-state index contributed by atoms with van der Waals surface area (Å²) >= 11 is 0. The van der Waals surface area contributed by atoms with Gasteiger partial charge in [0.1, 0.15) is 12.4 Å². The van der Waals surface area contributed by atoms with E-state index < -0.39 is 0 Å². The Morgan fingerprint density at radius 1 is 1.00 bits per heavy atom. The predicted molar refractivity (Wildman–Crippen MR) is 69.9 cm³/mol. The maximum Gasteiger partial charge on any atom is 0.127 e. The van der Waals surface area contributed by atoms with Gasteiger partial charge in [-0.15, -0.1) is 0 Å². The minimum atomic E-state index is 0.538. The third kappa shape index (κ3) is 1.66. The maximum absolute atomic E-state index is 8.99. The van der Waals surface area contributed by atoms with E-state index in [0.29, 0.717) is 6.61 Å². The molecule has 0 unspecified atom stereocenters. The Labute approximate surface area is 106 Å². The summed E-state index contributed by atoms with van der Waals surface area (Å²) in [5.41, 5.74) is 4.09. The largest absolute Gasteiger partial charge is 0.488 e. The molecule has 86 valence electrons. The second kappa shape index (κ2) is 4.38. The van der Waals surface area contributed by atoms with Crippen LogP contribution in [-0.4, -0.2) is 0 Å². The van der Waals surface area contributed by atoms with E-state index in [0.717, 1.165) is 28.0 Å². The minimum Gasteiger partial charge on any atom is -0.488 e. The predicted octanol–water partition coefficient (Wildman–Crippen LogP) is 3.53. The van der Waals surface area contributed by atoms with Crippen molar-refractivity contribution in [2.75, 3.05) is 0 Å². The van der Waals surface area contributed by atoms with Crippen molar-refractivity contribution < 1.29 is 4.74 Å². The third-order valence-electron chi connectivity index (χ3n) is 3.08. The fourth-order valence-corrected chi connectivity index (χ4v) is 2.24. The number of fused-ring (bicyclic) bond motifs is 2. The molecule has 0 N–H and O–H groups in total. The topological polar surface area (TPSA) is 33.0 Å². The van der Waals surface area contributed by atoms with Crippen LogP contribution in [0.15, 0.2) is 54.6 Å². The molecule has 18 heavy (non-hydrogen) atoms. The Morgan fingerprint density at radius 2 is 1.72 bits per heavy atom. The van der Waals surface area contributed by atoms with Crippen molar-refractivity contribution in [3.63, 3.8) is 0 Å². The van der Waals surface area contributed by atoms with Gasteiger partial charge in [0.05, 0.1) is 6.07 Å². The summed E-state index contributed by atoms with van der Waals surface area (Å²) in [5.74, 6) is 0.829. The van der Waals surface area contributed by atoms with Crippen molar-refractivity contribution in [1.82, 2.24) is 0 Å². The lowest BCUT2D eigenvalue weighted by Crippen LogP contribution is -1.94. The molecule has 1 aliphatic rings. The van der Waals surface area contributed by atoms with Crippen molar-refractivity contribution >= 4 is 5.57 Å². The molecule has 0 atom stereocenters. The van der Waals surface area contributed by atoms with Gasteiger partial charge >= 0.3 is 0 Å². The highest BCUT2D eigenvalue weighted by molar-refractivity contribution is 5.86. The Morgan fingerprint density at radius 3 is 2.56 bits per heavy atom. The van der Waals surface area contributed by atoms with Gasteiger partial charge in [-0.2, -0.15) is 5.26 Å². The fourth-order valence-electron chi connectivity index (χ4n) is 2.24. The van der Waals surface area contributed by atoms with Crippen LogP contribution < -0.4 is 4.74 Å². The Hall–Kier alpha value is -2.53. The molecule has 0 fully saturated rings. The zero-order valence-corrected chi connectivity index (χ0v) is 9.76. The first-order chi connectivity index (χ1) is 8.90. The van der Waals surface area contributed by atoms with E-state index >= 15 is 0 Å². The molecule has 0 radical (unpaired) electrons. The summed E-state index contributed by atoms with van der Waals surface area (Å²) in [7, 11) is 0. The van der Waals surface area contributed by atoms with Crippen molar-refractivity contribution in [2.24, 2.45) is 0 Å². The SMILES string of the molecule is N#CC=C1c2ccccc2COc2ccccc21. The van der Waals surface area contributed by atoms with E-state index in [-0.39, 0.29) is 0 Å². The van der Waals surface area contributed by atoms with E-state index in [9.17, 15) is 0 Å². The first-order valence-corrected chi connectivity index (χ1v) is 5.80. The average Bonchev–Trinajstić information content (AvgIpc) is 2.58. The molecule has 1 heterocycles. The van der Waals surface area contributed by atoms with Crippen molar-refractivity contribution in [2.45, 2.75) is 6.61 Å². The second-order valence-electron chi connectivity index (χ2n) is 4.13. The molecule has 0 bridgehead atoms. The highest BCUT2D eigenvalue weighted by atomic mass is 16.5. The van der Waals surface area contributed by atoms with Crippen molar-refractivity contribution in [3.8, 4) is 11.8 Å². The summed E-state index contributed by atoms with van der Waals surface area (Å²) in [6, 6.07) is 18.0. The zero-order chi connectivity index (χ0) is 12.4. The lowest BCUT2D eigenvalue weighted by atomic mass is 9.94. The van der Waals surface area contributed by atoms with Gasteiger partial charge in [0.2, 0.25) is 0 Å². The van der Waals surface area contributed by atoms with Crippen LogP contribution in [0.5, 0.6) is 5.75 Å². The van der Waals surface area contributed by atoms with Crippen LogP contribution in [0, 0.1) is 11.3 Å². The number of allylic oxidation sites excluding steroid dienone is 1. The highest BCUT2D eigenvalue weighted by Gasteiger charge is 2.17. The summed E-state index contributed by atoms with van der Waals surface area (Å²) in [4.78, 5) is 0. The molecule has 1 aliphatic heterocycles. The van der Waals surface area contributed by atoms with E-state index in [4.69, 9.17) is 10.00 Å². The van der Waals surface area contributed by atoms with Gasteiger partial charge in [0.25, 0.3) is 0 Å². The van der Waals surface area contributed by atoms with E-state index in [1.807, 2.05) is 48.5 Å². The summed E-state index contributed by atoms with van der Waals surface area (Å²) in [6.45, 7) is 0.538. The first kappa shape index (κ1) is 10.6. The average molecular weight is 233 g/mol. The molecule has 0 aromatic heterocycles. The van der Waals surface area contributed by atoms with Crippen LogP contribution in [0.4, 0.5) is 0 Å². The number of nitrogens with zero attached hydrogens (tertiary/aromatic N) is 1. The minimum absolute atomic E-state index is 0.538. The van der Waals surface area contributed by atoms with Gasteiger partial charge < -0.3 is 4.74 Å². The normalized spacial score (nSPS) is 14.9. The quantitative estimate of drug-likeness (QED) is 0.652. The number of para-hydroxylation sites is 1. The van der Waals surface area contributed by atoms with E-state index in [1.54, 1.807) is 6.08 Å². The fraction of sp³-hybridized carbons (Fsp3) is 0.0625. The molecule has 2 aromatic carbocycles. The number of nitriles is 1. The Kier molecular flexibility index (Phi) is 2.59. The number of benzene rings is 2. The standard InChI is InChI=1S/C16H11NO/c17-10-9-14-13-6-2-1-5-12(13)11-18-16-8-4-3-7-15(14)16/h1-9H,11H2. The third-order valence-corrected chi connectivity index (χ3v) is 3.08. The molecule has 3 rings (SSSR count). The molecule has 0 amide bonds. The molecular weight excluding hydrogens is 222 g/mol. The smallest absolute Gasteiger partial charge is 0.127 e.